The van der Waals surface area contributed by atoms with Gasteiger partial charge in [0, 0.05) is 6.42 Å². The van der Waals surface area contributed by atoms with Crippen LogP contribution in [0.2, 0.25) is 5.02 Å². The Morgan fingerprint density at radius 2 is 2.10 bits per heavy atom. The molecular weight excluding hydrogens is 309 g/mol. The molecule has 20 heavy (non-hydrogen) atoms. The average Bonchev–Trinajstić information content (AvgIpc) is 2.38. The van der Waals surface area contributed by atoms with Crippen LogP contribution in [-0.4, -0.2) is 23.1 Å². The van der Waals surface area contributed by atoms with Crippen molar-refractivity contribution in [2.45, 2.75) is 19.3 Å². The Labute approximate surface area is 124 Å². The minimum Gasteiger partial charge on any atom is -0.493 e. The first-order valence-corrected chi connectivity index (χ1v) is 6.46. The van der Waals surface area contributed by atoms with Gasteiger partial charge in [-0.15, -0.1) is 0 Å². The van der Waals surface area contributed by atoms with Crippen LogP contribution in [0.5, 0.6) is 5.75 Å². The number of nitrogens with zero attached hydrogens (tertiary/aromatic N) is 1. The van der Waals surface area contributed by atoms with Crippen molar-refractivity contribution in [1.29, 1.82) is 0 Å². The minimum atomic E-state index is -0.731. The molecule has 1 aromatic carbocycles. The number of hydrogen-bond acceptors (Lipinski definition) is 5. The van der Waals surface area contributed by atoms with Gasteiger partial charge < -0.3 is 4.74 Å². The third kappa shape index (κ3) is 4.47. The molecule has 0 amide bonds. The summed E-state index contributed by atoms with van der Waals surface area (Å²) in [5, 5.41) is 10.3. The zero-order valence-electron chi connectivity index (χ0n) is 10.3. The van der Waals surface area contributed by atoms with Crippen LogP contribution < -0.4 is 4.74 Å². The zero-order chi connectivity index (χ0) is 15.1. The van der Waals surface area contributed by atoms with Gasteiger partial charge >= 0.3 is 5.69 Å². The number of hydrogen-bond donors (Lipinski definition) is 0. The Bertz CT molecular complexity index is 533. The molecule has 0 radical (unpaired) electrons. The van der Waals surface area contributed by atoms with Gasteiger partial charge in [-0.2, -0.15) is 0 Å². The van der Waals surface area contributed by atoms with Crippen molar-refractivity contribution in [3.05, 3.63) is 32.8 Å². The number of unbranched alkanes of at least 4 members (excludes halogenated alkanes) is 1. The van der Waals surface area contributed by atoms with Crippen molar-refractivity contribution in [2.75, 3.05) is 6.61 Å². The molecule has 0 unspecified atom stereocenters. The third-order valence-electron chi connectivity index (χ3n) is 2.45. The van der Waals surface area contributed by atoms with Gasteiger partial charge in [0.05, 0.1) is 11.5 Å². The number of rotatable bonds is 8. The molecule has 0 saturated carbocycles. The van der Waals surface area contributed by atoms with E-state index in [2.05, 4.69) is 0 Å². The van der Waals surface area contributed by atoms with Crippen LogP contribution in [0, 0.1) is 10.1 Å². The van der Waals surface area contributed by atoms with Gasteiger partial charge in [0.1, 0.15) is 16.3 Å². The quantitative estimate of drug-likeness (QED) is 0.241. The zero-order valence-corrected chi connectivity index (χ0v) is 11.8. The van der Waals surface area contributed by atoms with Crippen LogP contribution in [0.25, 0.3) is 0 Å². The third-order valence-corrected chi connectivity index (χ3v) is 2.95. The highest BCUT2D eigenvalue weighted by atomic mass is 35.5. The summed E-state index contributed by atoms with van der Waals surface area (Å²) < 4.78 is 5.31. The Balaban J connectivity index is 2.75. The van der Waals surface area contributed by atoms with E-state index >= 15 is 0 Å². The van der Waals surface area contributed by atoms with Gasteiger partial charge in [0.15, 0.2) is 6.29 Å². The summed E-state index contributed by atoms with van der Waals surface area (Å²) in [6, 6.07) is 2.69. The van der Waals surface area contributed by atoms with E-state index in [1.807, 2.05) is 0 Å². The summed E-state index contributed by atoms with van der Waals surface area (Å²) in [5.41, 5.74) is -0.675. The van der Waals surface area contributed by atoms with Gasteiger partial charge in [-0.3, -0.25) is 19.7 Å². The van der Waals surface area contributed by atoms with E-state index in [4.69, 9.17) is 27.9 Å². The summed E-state index contributed by atoms with van der Waals surface area (Å²) in [7, 11) is 0. The summed E-state index contributed by atoms with van der Waals surface area (Å²) in [5.74, 6) is 0.0910. The Kier molecular flexibility index (Phi) is 6.41. The van der Waals surface area contributed by atoms with Crippen LogP contribution in [-0.2, 0) is 4.79 Å². The lowest BCUT2D eigenvalue weighted by Gasteiger charge is -2.09. The van der Waals surface area contributed by atoms with Crippen molar-refractivity contribution < 1.29 is 19.2 Å². The molecule has 0 spiro atoms. The molecule has 0 fully saturated rings. The summed E-state index contributed by atoms with van der Waals surface area (Å²) in [6.07, 6.45) is 1.63. The van der Waals surface area contributed by atoms with E-state index in [0.29, 0.717) is 19.1 Å². The predicted octanol–water partition coefficient (Wildman–Crippen LogP) is 3.38. The molecule has 0 aromatic heterocycles. The molecule has 108 valence electrons. The second-order valence-corrected chi connectivity index (χ2v) is 4.67. The second kappa shape index (κ2) is 7.81. The Morgan fingerprint density at radius 3 is 2.65 bits per heavy atom. The van der Waals surface area contributed by atoms with E-state index in [1.54, 1.807) is 0 Å². The summed E-state index contributed by atoms with van der Waals surface area (Å²) >= 11 is 10.9. The van der Waals surface area contributed by atoms with E-state index in [0.717, 1.165) is 0 Å². The molecule has 0 bridgehead atoms. The van der Waals surface area contributed by atoms with Crippen LogP contribution in [0.3, 0.4) is 0 Å². The van der Waals surface area contributed by atoms with Gasteiger partial charge in [0.2, 0.25) is 5.24 Å². The summed E-state index contributed by atoms with van der Waals surface area (Å²) in [4.78, 5) is 31.6. The highest BCUT2D eigenvalue weighted by molar-refractivity contribution is 6.63. The highest BCUT2D eigenvalue weighted by Gasteiger charge is 2.22. The van der Waals surface area contributed by atoms with Crippen molar-refractivity contribution >= 4 is 40.4 Å². The predicted molar refractivity (Wildman–Crippen MR) is 73.7 cm³/mol. The number of nitro groups is 1. The first-order valence-electron chi connectivity index (χ1n) is 5.70. The molecule has 8 heteroatoms. The van der Waals surface area contributed by atoms with E-state index < -0.39 is 15.9 Å². The monoisotopic (exact) mass is 319 g/mol. The van der Waals surface area contributed by atoms with Crippen LogP contribution >= 0.6 is 23.2 Å². The fourth-order valence-electron chi connectivity index (χ4n) is 1.54. The lowest BCUT2D eigenvalue weighted by Crippen LogP contribution is -2.03. The molecule has 0 aliphatic heterocycles. The first kappa shape index (κ1) is 16.4. The van der Waals surface area contributed by atoms with Crippen molar-refractivity contribution in [1.82, 2.24) is 0 Å². The molecule has 6 nitrogen and oxygen atoms in total. The number of aldehydes is 1. The Hall–Kier alpha value is -1.66. The second-order valence-electron chi connectivity index (χ2n) is 3.84. The smallest absolute Gasteiger partial charge is 0.302 e. The van der Waals surface area contributed by atoms with Crippen molar-refractivity contribution in [3.63, 3.8) is 0 Å². The van der Waals surface area contributed by atoms with Crippen molar-refractivity contribution in [2.24, 2.45) is 0 Å². The molecule has 0 N–H and O–H groups in total. The van der Waals surface area contributed by atoms with Crippen LogP contribution in [0.1, 0.15) is 29.6 Å². The van der Waals surface area contributed by atoms with Crippen LogP contribution in [0.4, 0.5) is 5.69 Å². The maximum atomic E-state index is 11.0. The fourth-order valence-corrected chi connectivity index (χ4v) is 1.90. The molecule has 0 heterocycles. The number of ether oxygens (including phenoxy) is 1. The molecule has 0 aliphatic rings. The number of halogens is 2. The number of carbonyl (C=O) groups excluding carboxylic acids is 2. The maximum absolute atomic E-state index is 11.0. The SMILES string of the molecule is O=Cc1c(OCCCCC(=O)Cl)ccc(Cl)c1[N+](=O)[O-]. The molecule has 0 atom stereocenters. The molecule has 0 aliphatic carbocycles. The normalized spacial score (nSPS) is 10.1. The first-order chi connectivity index (χ1) is 9.47. The van der Waals surface area contributed by atoms with Gasteiger partial charge in [-0.05, 0) is 36.6 Å². The fraction of sp³-hybridized carbons (Fsp3) is 0.333. The Morgan fingerprint density at radius 1 is 1.40 bits per heavy atom. The average molecular weight is 320 g/mol. The lowest BCUT2D eigenvalue weighted by atomic mass is 10.1. The number of benzene rings is 1. The number of nitro benzene ring substituents is 1. The standard InChI is InChI=1S/C12H11Cl2NO5/c13-9-4-5-10(8(7-16)12(9)15(18)19)20-6-2-1-3-11(14)17/h4-5,7H,1-3,6H2. The van der Waals surface area contributed by atoms with Gasteiger partial charge in [-0.25, -0.2) is 0 Å². The maximum Gasteiger partial charge on any atom is 0.302 e. The number of carbonyl (C=O) groups is 2. The van der Waals surface area contributed by atoms with Gasteiger partial charge in [-0.1, -0.05) is 11.6 Å². The van der Waals surface area contributed by atoms with E-state index in [-0.39, 0.29) is 29.4 Å². The van der Waals surface area contributed by atoms with Crippen LogP contribution in [0.15, 0.2) is 12.1 Å². The highest BCUT2D eigenvalue weighted by Crippen LogP contribution is 2.33. The molecule has 1 aromatic rings. The van der Waals surface area contributed by atoms with Gasteiger partial charge in [0.25, 0.3) is 0 Å². The molecular formula is C12H11Cl2NO5. The molecule has 1 rings (SSSR count). The van der Waals surface area contributed by atoms with Crippen molar-refractivity contribution in [3.8, 4) is 5.75 Å². The minimum absolute atomic E-state index is 0.0910. The van der Waals surface area contributed by atoms with E-state index in [1.165, 1.54) is 12.1 Å². The molecule has 0 saturated heterocycles. The topological polar surface area (TPSA) is 86.5 Å². The lowest BCUT2D eigenvalue weighted by molar-refractivity contribution is -0.385. The largest absolute Gasteiger partial charge is 0.493 e. The van der Waals surface area contributed by atoms with E-state index in [9.17, 15) is 19.7 Å². The summed E-state index contributed by atoms with van der Waals surface area (Å²) in [6.45, 7) is 0.212.